The molecule has 1 aromatic heterocycles. The van der Waals surface area contributed by atoms with Gasteiger partial charge in [-0.05, 0) is 38.5 Å². The van der Waals surface area contributed by atoms with E-state index in [0.29, 0.717) is 17.7 Å². The number of aryl methyl sites for hydroxylation is 1. The molecule has 3 rings (SSSR count). The van der Waals surface area contributed by atoms with Crippen molar-refractivity contribution in [1.82, 2.24) is 9.97 Å². The van der Waals surface area contributed by atoms with Crippen LogP contribution in [0.3, 0.4) is 0 Å². The van der Waals surface area contributed by atoms with Crippen molar-refractivity contribution in [1.29, 1.82) is 0 Å². The average molecular weight is 261 g/mol. The lowest BCUT2D eigenvalue weighted by atomic mass is 9.92. The maximum atomic E-state index is 11.0. The Kier molecular flexibility index (Phi) is 3.12. The van der Waals surface area contributed by atoms with Crippen LogP contribution in [0, 0.1) is 12.8 Å². The molecule has 1 N–H and O–H groups in total. The lowest BCUT2D eigenvalue weighted by molar-refractivity contribution is 0.0695. The molecule has 0 aromatic carbocycles. The van der Waals surface area contributed by atoms with Gasteiger partial charge in [0.1, 0.15) is 0 Å². The monoisotopic (exact) mass is 261 g/mol. The highest BCUT2D eigenvalue weighted by molar-refractivity contribution is 5.88. The highest BCUT2D eigenvalue weighted by atomic mass is 16.4. The van der Waals surface area contributed by atoms with E-state index in [9.17, 15) is 4.79 Å². The zero-order valence-corrected chi connectivity index (χ0v) is 11.2. The van der Waals surface area contributed by atoms with Gasteiger partial charge in [-0.15, -0.1) is 0 Å². The van der Waals surface area contributed by atoms with E-state index in [2.05, 4.69) is 14.9 Å². The second kappa shape index (κ2) is 4.79. The number of hydrogen-bond acceptors (Lipinski definition) is 4. The molecule has 0 amide bonds. The third-order valence-corrected chi connectivity index (χ3v) is 4.45. The van der Waals surface area contributed by atoms with Crippen LogP contribution in [0.1, 0.15) is 48.2 Å². The number of rotatable bonds is 2. The Hall–Kier alpha value is -1.65. The number of nitrogens with zero attached hydrogens (tertiary/aromatic N) is 3. The van der Waals surface area contributed by atoms with E-state index in [1.807, 2.05) is 0 Å². The van der Waals surface area contributed by atoms with Crippen LogP contribution < -0.4 is 4.90 Å². The number of anilines is 1. The third-order valence-electron chi connectivity index (χ3n) is 4.45. The van der Waals surface area contributed by atoms with Crippen LogP contribution in [0.4, 0.5) is 5.95 Å². The van der Waals surface area contributed by atoms with Crippen molar-refractivity contribution in [2.45, 2.75) is 45.1 Å². The molecule has 0 spiro atoms. The molecule has 1 aromatic rings. The predicted molar refractivity (Wildman–Crippen MR) is 71.4 cm³/mol. The van der Waals surface area contributed by atoms with Gasteiger partial charge in [0.05, 0.1) is 11.3 Å². The van der Waals surface area contributed by atoms with Crippen LogP contribution >= 0.6 is 0 Å². The maximum Gasteiger partial charge on any atom is 0.339 e. The predicted octanol–water partition coefficient (Wildman–Crippen LogP) is 2.25. The fraction of sp³-hybridized carbons (Fsp3) is 0.643. The molecule has 2 unspecified atom stereocenters. The molecule has 1 saturated carbocycles. The van der Waals surface area contributed by atoms with Gasteiger partial charge in [0.25, 0.3) is 0 Å². The van der Waals surface area contributed by atoms with Crippen LogP contribution in [0.15, 0.2) is 6.20 Å². The molecule has 5 nitrogen and oxygen atoms in total. The first-order valence-electron chi connectivity index (χ1n) is 7.00. The van der Waals surface area contributed by atoms with Crippen molar-refractivity contribution in [2.75, 3.05) is 11.4 Å². The molecule has 2 fully saturated rings. The fourth-order valence-electron chi connectivity index (χ4n) is 3.51. The van der Waals surface area contributed by atoms with E-state index in [4.69, 9.17) is 5.11 Å². The van der Waals surface area contributed by atoms with Gasteiger partial charge < -0.3 is 10.0 Å². The minimum atomic E-state index is -0.957. The molecule has 2 aliphatic rings. The molecule has 1 aliphatic carbocycles. The van der Waals surface area contributed by atoms with Gasteiger partial charge in [0.15, 0.2) is 0 Å². The van der Waals surface area contributed by atoms with E-state index in [0.717, 1.165) is 12.5 Å². The van der Waals surface area contributed by atoms with Gasteiger partial charge in [-0.2, -0.15) is 0 Å². The number of hydrogen-bond donors (Lipinski definition) is 1. The van der Waals surface area contributed by atoms with Gasteiger partial charge in [0.2, 0.25) is 5.95 Å². The van der Waals surface area contributed by atoms with Crippen molar-refractivity contribution in [3.63, 3.8) is 0 Å². The quantitative estimate of drug-likeness (QED) is 0.884. The largest absolute Gasteiger partial charge is 0.478 e. The highest BCUT2D eigenvalue weighted by Gasteiger charge is 2.36. The molecule has 2 heterocycles. The second-order valence-electron chi connectivity index (χ2n) is 5.57. The molecule has 5 heteroatoms. The Balaban J connectivity index is 1.89. The summed E-state index contributed by atoms with van der Waals surface area (Å²) in [5, 5.41) is 9.02. The van der Waals surface area contributed by atoms with Crippen LogP contribution in [-0.4, -0.2) is 33.6 Å². The Morgan fingerprint density at radius 3 is 2.89 bits per heavy atom. The van der Waals surface area contributed by atoms with Gasteiger partial charge >= 0.3 is 5.97 Å². The number of carbonyl (C=O) groups is 1. The summed E-state index contributed by atoms with van der Waals surface area (Å²) in [6, 6.07) is 0.559. The van der Waals surface area contributed by atoms with E-state index in [1.165, 1.54) is 38.3 Å². The Morgan fingerprint density at radius 1 is 1.37 bits per heavy atom. The number of fused-ring (bicyclic) bond motifs is 1. The van der Waals surface area contributed by atoms with Crippen molar-refractivity contribution in [3.05, 3.63) is 17.5 Å². The van der Waals surface area contributed by atoms with Gasteiger partial charge in [-0.3, -0.25) is 0 Å². The summed E-state index contributed by atoms with van der Waals surface area (Å²) in [4.78, 5) is 22.0. The van der Waals surface area contributed by atoms with Crippen LogP contribution in [0.5, 0.6) is 0 Å². The normalized spacial score (nSPS) is 26.3. The first-order chi connectivity index (χ1) is 9.16. The lowest BCUT2D eigenvalue weighted by Gasteiger charge is -2.37. The number of aromatic carboxylic acids is 1. The van der Waals surface area contributed by atoms with Crippen molar-refractivity contribution in [2.24, 2.45) is 5.92 Å². The van der Waals surface area contributed by atoms with E-state index in [-0.39, 0.29) is 5.56 Å². The number of carboxylic acids is 1. The smallest absolute Gasteiger partial charge is 0.339 e. The summed E-state index contributed by atoms with van der Waals surface area (Å²) in [5.74, 6) is 0.525. The van der Waals surface area contributed by atoms with Crippen molar-refractivity contribution >= 4 is 11.9 Å². The number of piperidine rings is 1. The number of carboxylic acid groups (broad SMARTS) is 1. The molecule has 0 bridgehead atoms. The summed E-state index contributed by atoms with van der Waals surface area (Å²) in [5.41, 5.74) is 0.751. The van der Waals surface area contributed by atoms with Gasteiger partial charge in [0, 0.05) is 18.8 Å². The molecule has 1 saturated heterocycles. The summed E-state index contributed by atoms with van der Waals surface area (Å²) in [6.07, 6.45) is 7.76. The summed E-state index contributed by atoms with van der Waals surface area (Å²) < 4.78 is 0. The Bertz CT molecular complexity index is 503. The first kappa shape index (κ1) is 12.4. The van der Waals surface area contributed by atoms with Crippen LogP contribution in [-0.2, 0) is 0 Å². The molecular weight excluding hydrogens is 242 g/mol. The molecular formula is C14H19N3O2. The second-order valence-corrected chi connectivity index (χ2v) is 5.57. The summed E-state index contributed by atoms with van der Waals surface area (Å²) in [6.45, 7) is 2.73. The highest BCUT2D eigenvalue weighted by Crippen LogP contribution is 2.38. The zero-order chi connectivity index (χ0) is 13.4. The minimum absolute atomic E-state index is 0.198. The molecule has 19 heavy (non-hydrogen) atoms. The maximum absolute atomic E-state index is 11.0. The summed E-state index contributed by atoms with van der Waals surface area (Å²) >= 11 is 0. The Labute approximate surface area is 112 Å². The first-order valence-corrected chi connectivity index (χ1v) is 7.00. The van der Waals surface area contributed by atoms with Crippen LogP contribution in [0.25, 0.3) is 0 Å². The van der Waals surface area contributed by atoms with Crippen molar-refractivity contribution < 1.29 is 9.90 Å². The summed E-state index contributed by atoms with van der Waals surface area (Å²) in [7, 11) is 0. The van der Waals surface area contributed by atoms with Gasteiger partial charge in [-0.25, -0.2) is 14.8 Å². The van der Waals surface area contributed by atoms with E-state index < -0.39 is 5.97 Å². The lowest BCUT2D eigenvalue weighted by Crippen LogP contribution is -2.43. The standard InChI is InChI=1S/C14H19N3O2/c1-9-11(13(18)19)8-15-14(16-9)17-7-3-5-10-4-2-6-12(10)17/h8,10,12H,2-7H2,1H3,(H,18,19). The van der Waals surface area contributed by atoms with E-state index in [1.54, 1.807) is 6.92 Å². The Morgan fingerprint density at radius 2 is 2.16 bits per heavy atom. The average Bonchev–Trinajstić information content (AvgIpc) is 2.86. The van der Waals surface area contributed by atoms with E-state index >= 15 is 0 Å². The molecule has 102 valence electrons. The topological polar surface area (TPSA) is 66.3 Å². The zero-order valence-electron chi connectivity index (χ0n) is 11.2. The molecule has 2 atom stereocenters. The minimum Gasteiger partial charge on any atom is -0.478 e. The van der Waals surface area contributed by atoms with Crippen LogP contribution in [0.2, 0.25) is 0 Å². The molecule has 0 radical (unpaired) electrons. The van der Waals surface area contributed by atoms with Crippen molar-refractivity contribution in [3.8, 4) is 0 Å². The molecule has 1 aliphatic heterocycles. The number of aromatic nitrogens is 2. The third kappa shape index (κ3) is 2.17. The van der Waals surface area contributed by atoms with Gasteiger partial charge in [-0.1, -0.05) is 6.42 Å². The fourth-order valence-corrected chi connectivity index (χ4v) is 3.51. The SMILES string of the molecule is Cc1nc(N2CCCC3CCCC32)ncc1C(=O)O.